The highest BCUT2D eigenvalue weighted by molar-refractivity contribution is 9.08. The van der Waals surface area contributed by atoms with Gasteiger partial charge in [0.15, 0.2) is 11.6 Å². The van der Waals surface area contributed by atoms with Gasteiger partial charge in [0.2, 0.25) is 0 Å². The molecule has 6 aromatic carbocycles. The summed E-state index contributed by atoms with van der Waals surface area (Å²) in [6.07, 6.45) is 5.48. The van der Waals surface area contributed by atoms with E-state index >= 15 is 0 Å². The molecular weight excluding hydrogens is 827 g/mol. The minimum Gasteiger partial charge on any atom is -0.306 e. The van der Waals surface area contributed by atoms with Crippen LogP contribution in [0.1, 0.15) is 111 Å². The minimum absolute atomic E-state index is 0.174. The maximum atomic E-state index is 12.6. The Morgan fingerprint density at radius 1 is 0.500 bits per heavy atom. The summed E-state index contributed by atoms with van der Waals surface area (Å²) in [5.41, 5.74) is 12.6. The van der Waals surface area contributed by atoms with Crippen molar-refractivity contribution in [2.24, 2.45) is 0 Å². The fourth-order valence-corrected chi connectivity index (χ4v) is 9.97. The molecule has 1 N–H and O–H groups in total. The number of carbonyl (C=O) groups excluding carboxylic acids is 2. The van der Waals surface area contributed by atoms with E-state index in [0.717, 1.165) is 48.7 Å². The molecule has 0 fully saturated rings. The van der Waals surface area contributed by atoms with Crippen molar-refractivity contribution < 1.29 is 9.59 Å². The number of fused-ring (bicyclic) bond motifs is 4. The van der Waals surface area contributed by atoms with Crippen LogP contribution in [0.25, 0.3) is 0 Å². The van der Waals surface area contributed by atoms with Crippen molar-refractivity contribution >= 4 is 27.5 Å². The number of carbonyl (C=O) groups is 2. The number of Topliss-reactive ketones (excluding diaryl/α,β-unsaturated/α-hetero) is 2. The van der Waals surface area contributed by atoms with Crippen molar-refractivity contribution in [2.75, 3.05) is 19.6 Å². The van der Waals surface area contributed by atoms with Gasteiger partial charge in [0.25, 0.3) is 0 Å². The third-order valence-electron chi connectivity index (χ3n) is 13.0. The van der Waals surface area contributed by atoms with Crippen LogP contribution in [0.4, 0.5) is 0 Å². The molecule has 320 valence electrons. The number of hydrogen-bond donors (Lipinski definition) is 1. The Morgan fingerprint density at radius 3 is 1.44 bits per heavy atom. The van der Waals surface area contributed by atoms with Crippen molar-refractivity contribution in [3.8, 4) is 0 Å². The van der Waals surface area contributed by atoms with Gasteiger partial charge in [-0.3, -0.25) is 14.5 Å². The second-order valence-corrected chi connectivity index (χ2v) is 17.3. The van der Waals surface area contributed by atoms with Crippen LogP contribution in [0.15, 0.2) is 158 Å². The monoisotopic (exact) mass is 887 g/mol. The minimum atomic E-state index is 0.174. The van der Waals surface area contributed by atoms with Gasteiger partial charge in [0.05, 0.1) is 0 Å². The number of rotatable bonds is 10. The zero-order chi connectivity index (χ0) is 43.3. The van der Waals surface area contributed by atoms with Crippen molar-refractivity contribution in [2.45, 2.75) is 95.3 Å². The summed E-state index contributed by atoms with van der Waals surface area (Å²) in [4.78, 5) is 29.6. The summed E-state index contributed by atoms with van der Waals surface area (Å²) >= 11 is 3.36. The summed E-state index contributed by atoms with van der Waals surface area (Å²) in [6.45, 7) is 11.0. The second kappa shape index (κ2) is 22.4. The number of hydrogen-bond acceptors (Lipinski definition) is 5. The molecule has 0 heterocycles. The largest absolute Gasteiger partial charge is 0.306 e. The third kappa shape index (κ3) is 11.3. The van der Waals surface area contributed by atoms with Gasteiger partial charge in [-0.1, -0.05) is 194 Å². The van der Waals surface area contributed by atoms with E-state index in [1.807, 2.05) is 48.5 Å². The lowest BCUT2D eigenvalue weighted by Gasteiger charge is -2.35. The van der Waals surface area contributed by atoms with Gasteiger partial charge >= 0.3 is 0 Å². The number of alkyl halides is 1. The van der Waals surface area contributed by atoms with Crippen LogP contribution >= 0.6 is 15.9 Å². The first kappa shape index (κ1) is 45.1. The Labute approximate surface area is 378 Å². The molecule has 62 heavy (non-hydrogen) atoms. The number of nitrogens with zero attached hydrogens (tertiary/aromatic N) is 2. The quantitative estimate of drug-likeness (QED) is 0.139. The van der Waals surface area contributed by atoms with Crippen molar-refractivity contribution in [1.82, 2.24) is 15.1 Å². The van der Waals surface area contributed by atoms with Crippen molar-refractivity contribution in [1.29, 1.82) is 0 Å². The molecule has 0 amide bonds. The number of nitrogens with one attached hydrogen (secondary N) is 1. The lowest BCUT2D eigenvalue weighted by atomic mass is 10.0. The SMILES string of the molecule is BrCc1ccccc1.CCN(CC)CC.O=C1CC(N(Cc2ccccc2)C2Cc3ccccc3C2)c2ccccc21.O=C1CC(NC2Cc3ccccc3C2)c2ccccc21. The highest BCUT2D eigenvalue weighted by Gasteiger charge is 2.38. The first-order valence-electron chi connectivity index (χ1n) is 22.6. The van der Waals surface area contributed by atoms with E-state index in [2.05, 4.69) is 161 Å². The Kier molecular flexibility index (Phi) is 16.3. The molecule has 4 aliphatic rings. The molecule has 0 radical (unpaired) electrons. The first-order chi connectivity index (χ1) is 30.4. The van der Waals surface area contributed by atoms with E-state index in [1.54, 1.807) is 0 Å². The van der Waals surface area contributed by atoms with E-state index < -0.39 is 0 Å². The molecule has 0 saturated carbocycles. The van der Waals surface area contributed by atoms with Gasteiger partial charge in [-0.05, 0) is 89.8 Å². The van der Waals surface area contributed by atoms with E-state index in [0.29, 0.717) is 24.9 Å². The molecule has 0 aromatic heterocycles. The van der Waals surface area contributed by atoms with Gasteiger partial charge in [-0.15, -0.1) is 0 Å². The zero-order valence-electron chi connectivity index (χ0n) is 36.7. The van der Waals surface area contributed by atoms with Crippen LogP contribution in [0.3, 0.4) is 0 Å². The second-order valence-electron chi connectivity index (χ2n) is 16.8. The Morgan fingerprint density at radius 2 is 0.935 bits per heavy atom. The van der Waals surface area contributed by atoms with Crippen molar-refractivity contribution in [3.63, 3.8) is 0 Å². The highest BCUT2D eigenvalue weighted by Crippen LogP contribution is 2.40. The van der Waals surface area contributed by atoms with E-state index in [9.17, 15) is 9.59 Å². The fourth-order valence-electron chi connectivity index (χ4n) is 9.60. The number of halogens is 1. The molecule has 2 unspecified atom stereocenters. The summed E-state index contributed by atoms with van der Waals surface area (Å²) in [7, 11) is 0. The van der Waals surface area contributed by atoms with Gasteiger partial charge in [-0.25, -0.2) is 0 Å². The lowest BCUT2D eigenvalue weighted by Crippen LogP contribution is -2.38. The number of benzene rings is 6. The maximum absolute atomic E-state index is 12.6. The van der Waals surface area contributed by atoms with Gasteiger partial charge in [-0.2, -0.15) is 0 Å². The van der Waals surface area contributed by atoms with E-state index in [-0.39, 0.29) is 23.7 Å². The molecule has 6 heteroatoms. The first-order valence-corrected chi connectivity index (χ1v) is 23.8. The molecule has 10 rings (SSSR count). The Hall–Kier alpha value is -4.98. The zero-order valence-corrected chi connectivity index (χ0v) is 38.3. The Bertz CT molecular complexity index is 2310. The van der Waals surface area contributed by atoms with Crippen LogP contribution in [0.5, 0.6) is 0 Å². The number of ketones is 2. The molecule has 0 spiro atoms. The maximum Gasteiger partial charge on any atom is 0.165 e. The van der Waals surface area contributed by atoms with Crippen LogP contribution in [-0.4, -0.2) is 53.1 Å². The van der Waals surface area contributed by atoms with Gasteiger partial charge in [0, 0.05) is 60.0 Å². The van der Waals surface area contributed by atoms with Crippen LogP contribution < -0.4 is 5.32 Å². The van der Waals surface area contributed by atoms with Crippen LogP contribution in [0.2, 0.25) is 0 Å². The molecule has 0 aliphatic heterocycles. The molecule has 6 aromatic rings. The Balaban J connectivity index is 0.000000144. The lowest BCUT2D eigenvalue weighted by molar-refractivity contribution is 0.0896. The topological polar surface area (TPSA) is 52.7 Å². The standard InChI is InChI=1S/C25H23NO.C18H17NO.C7H7Br.C6H15N/c27-25-16-24(22-12-6-7-13-23(22)25)26(17-18-8-2-1-3-9-18)21-14-19-10-4-5-11-20(19)15-21;20-18-11-17(15-7-3-4-8-16(15)18)19-14-9-12-5-1-2-6-13(12)10-14;8-6-7-4-2-1-3-5-7;1-4-7(5-2)6-3/h1-13,21,24H,14-17H2;1-8,14,17,19H,9-11H2;1-5H,6H2;4-6H2,1-3H3. The predicted molar refractivity (Wildman–Crippen MR) is 259 cm³/mol. The normalized spacial score (nSPS) is 17.3. The van der Waals surface area contributed by atoms with Gasteiger partial charge < -0.3 is 10.2 Å². The van der Waals surface area contributed by atoms with Crippen molar-refractivity contribution in [3.05, 3.63) is 213 Å². The fraction of sp³-hybridized carbons (Fsp3) is 0.321. The smallest absolute Gasteiger partial charge is 0.165 e. The molecule has 5 nitrogen and oxygen atoms in total. The summed E-state index contributed by atoms with van der Waals surface area (Å²) < 4.78 is 0. The van der Waals surface area contributed by atoms with E-state index in [1.165, 1.54) is 64.1 Å². The summed E-state index contributed by atoms with van der Waals surface area (Å²) in [5, 5.41) is 4.64. The third-order valence-corrected chi connectivity index (χ3v) is 13.6. The average Bonchev–Trinajstić information content (AvgIpc) is 4.11. The molecule has 0 saturated heterocycles. The molecular formula is C56H62BrN3O2. The molecule has 4 aliphatic carbocycles. The predicted octanol–water partition coefficient (Wildman–Crippen LogP) is 12.0. The average molecular weight is 889 g/mol. The summed E-state index contributed by atoms with van der Waals surface area (Å²) in [5.74, 6) is 0.554. The highest BCUT2D eigenvalue weighted by atomic mass is 79.9. The van der Waals surface area contributed by atoms with Gasteiger partial charge in [0.1, 0.15) is 0 Å². The van der Waals surface area contributed by atoms with Crippen LogP contribution in [-0.2, 0) is 37.6 Å². The summed E-state index contributed by atoms with van der Waals surface area (Å²) in [6, 6.07) is 55.8. The van der Waals surface area contributed by atoms with E-state index in [4.69, 9.17) is 0 Å². The molecule has 0 bridgehead atoms. The van der Waals surface area contributed by atoms with Crippen LogP contribution in [0, 0.1) is 0 Å². The molecule has 2 atom stereocenters.